The SMILES string of the molecule is O=C(O)CCNC(=O)Cc1cccc(F)c1. The van der Waals surface area contributed by atoms with E-state index in [1.807, 2.05) is 0 Å². The van der Waals surface area contributed by atoms with Gasteiger partial charge in [-0.2, -0.15) is 0 Å². The van der Waals surface area contributed by atoms with Crippen molar-refractivity contribution in [2.75, 3.05) is 6.54 Å². The number of hydrogen-bond donors (Lipinski definition) is 2. The summed E-state index contributed by atoms with van der Waals surface area (Å²) in [5.74, 6) is -1.67. The molecule has 1 aromatic rings. The van der Waals surface area contributed by atoms with Crippen LogP contribution in [0.1, 0.15) is 12.0 Å². The molecule has 4 nitrogen and oxygen atoms in total. The highest BCUT2D eigenvalue weighted by atomic mass is 19.1. The monoisotopic (exact) mass is 225 g/mol. The standard InChI is InChI=1S/C11H12FNO3/c12-9-3-1-2-8(6-9)7-10(14)13-5-4-11(15)16/h1-3,6H,4-5,7H2,(H,13,14)(H,15,16). The van der Waals surface area contributed by atoms with Gasteiger partial charge < -0.3 is 10.4 Å². The van der Waals surface area contributed by atoms with E-state index in [9.17, 15) is 14.0 Å². The Morgan fingerprint density at radius 3 is 2.75 bits per heavy atom. The number of carboxylic acids is 1. The molecule has 5 heteroatoms. The summed E-state index contributed by atoms with van der Waals surface area (Å²) in [6, 6.07) is 5.73. The molecule has 0 unspecified atom stereocenters. The number of carbonyl (C=O) groups excluding carboxylic acids is 1. The van der Waals surface area contributed by atoms with Crippen LogP contribution in [0, 0.1) is 5.82 Å². The number of carboxylic acid groups (broad SMARTS) is 1. The Labute approximate surface area is 92.1 Å². The third kappa shape index (κ3) is 4.54. The van der Waals surface area contributed by atoms with E-state index in [0.717, 1.165) is 0 Å². The minimum Gasteiger partial charge on any atom is -0.481 e. The number of rotatable bonds is 5. The molecule has 0 radical (unpaired) electrons. The summed E-state index contributed by atoms with van der Waals surface area (Å²) in [5, 5.41) is 10.8. The number of hydrogen-bond acceptors (Lipinski definition) is 2. The van der Waals surface area contributed by atoms with Gasteiger partial charge in [-0.3, -0.25) is 9.59 Å². The Morgan fingerprint density at radius 1 is 1.38 bits per heavy atom. The number of amides is 1. The number of halogens is 1. The van der Waals surface area contributed by atoms with Gasteiger partial charge in [0.1, 0.15) is 5.82 Å². The van der Waals surface area contributed by atoms with Gasteiger partial charge in [-0.15, -0.1) is 0 Å². The summed E-state index contributed by atoms with van der Waals surface area (Å²) in [4.78, 5) is 21.5. The molecule has 0 aliphatic heterocycles. The average Bonchev–Trinajstić information content (AvgIpc) is 2.16. The second-order valence-electron chi connectivity index (χ2n) is 3.30. The maximum atomic E-state index is 12.8. The molecule has 0 aliphatic carbocycles. The van der Waals surface area contributed by atoms with E-state index >= 15 is 0 Å². The van der Waals surface area contributed by atoms with Crippen molar-refractivity contribution in [2.45, 2.75) is 12.8 Å². The van der Waals surface area contributed by atoms with Crippen LogP contribution < -0.4 is 5.32 Å². The molecule has 0 aromatic heterocycles. The van der Waals surface area contributed by atoms with Gasteiger partial charge in [0.25, 0.3) is 0 Å². The number of nitrogens with one attached hydrogen (secondary N) is 1. The Morgan fingerprint density at radius 2 is 2.12 bits per heavy atom. The molecule has 1 rings (SSSR count). The molecule has 0 saturated carbocycles. The topological polar surface area (TPSA) is 66.4 Å². The Bertz CT molecular complexity index is 393. The minimum atomic E-state index is -0.967. The van der Waals surface area contributed by atoms with E-state index in [1.54, 1.807) is 6.07 Å². The fraction of sp³-hybridized carbons (Fsp3) is 0.273. The van der Waals surface area contributed by atoms with Crippen LogP contribution in [0.25, 0.3) is 0 Å². The molecular weight excluding hydrogens is 213 g/mol. The van der Waals surface area contributed by atoms with Crippen LogP contribution in [0.4, 0.5) is 4.39 Å². The number of aliphatic carboxylic acids is 1. The molecule has 16 heavy (non-hydrogen) atoms. The second kappa shape index (κ2) is 5.85. The van der Waals surface area contributed by atoms with Gasteiger partial charge in [0.2, 0.25) is 5.91 Å². The van der Waals surface area contributed by atoms with Crippen LogP contribution in [0.3, 0.4) is 0 Å². The lowest BCUT2D eigenvalue weighted by Crippen LogP contribution is -2.27. The van der Waals surface area contributed by atoms with E-state index in [1.165, 1.54) is 18.2 Å². The van der Waals surface area contributed by atoms with Crippen LogP contribution in [0.5, 0.6) is 0 Å². The first-order valence-corrected chi connectivity index (χ1v) is 4.81. The van der Waals surface area contributed by atoms with Crippen LogP contribution in [0.15, 0.2) is 24.3 Å². The summed E-state index contributed by atoms with van der Waals surface area (Å²) in [6.07, 6.45) is -0.0632. The van der Waals surface area contributed by atoms with Crippen molar-refractivity contribution in [1.29, 1.82) is 0 Å². The highest BCUT2D eigenvalue weighted by Crippen LogP contribution is 2.03. The van der Waals surface area contributed by atoms with Crippen molar-refractivity contribution in [3.63, 3.8) is 0 Å². The summed E-state index contributed by atoms with van der Waals surface area (Å²) in [6.45, 7) is 0.0868. The van der Waals surface area contributed by atoms with Gasteiger partial charge in [-0.05, 0) is 17.7 Å². The van der Waals surface area contributed by atoms with Gasteiger partial charge in [-0.25, -0.2) is 4.39 Å². The normalized spacial score (nSPS) is 9.81. The summed E-state index contributed by atoms with van der Waals surface area (Å²) < 4.78 is 12.8. The summed E-state index contributed by atoms with van der Waals surface area (Å²) in [7, 11) is 0. The smallest absolute Gasteiger partial charge is 0.305 e. The van der Waals surface area contributed by atoms with Gasteiger partial charge in [0.15, 0.2) is 0 Å². The van der Waals surface area contributed by atoms with Gasteiger partial charge >= 0.3 is 5.97 Å². The fourth-order valence-electron chi connectivity index (χ4n) is 1.20. The molecule has 0 aliphatic rings. The molecule has 0 atom stereocenters. The van der Waals surface area contributed by atoms with Gasteiger partial charge in [0, 0.05) is 6.54 Å². The van der Waals surface area contributed by atoms with E-state index < -0.39 is 11.8 Å². The summed E-state index contributed by atoms with van der Waals surface area (Å²) >= 11 is 0. The molecule has 0 bridgehead atoms. The lowest BCUT2D eigenvalue weighted by molar-refractivity contribution is -0.136. The molecule has 2 N–H and O–H groups in total. The highest BCUT2D eigenvalue weighted by molar-refractivity contribution is 5.79. The molecule has 0 saturated heterocycles. The first-order chi connectivity index (χ1) is 7.58. The molecule has 1 amide bonds. The molecule has 0 fully saturated rings. The van der Waals surface area contributed by atoms with Gasteiger partial charge in [0.05, 0.1) is 12.8 Å². The minimum absolute atomic E-state index is 0.0530. The lowest BCUT2D eigenvalue weighted by atomic mass is 10.1. The fourth-order valence-corrected chi connectivity index (χ4v) is 1.20. The van der Waals surface area contributed by atoms with Crippen LogP contribution in [-0.2, 0) is 16.0 Å². The molecule has 1 aromatic carbocycles. The third-order valence-electron chi connectivity index (χ3n) is 1.91. The third-order valence-corrected chi connectivity index (χ3v) is 1.91. The summed E-state index contributed by atoms with van der Waals surface area (Å²) in [5.41, 5.74) is 0.563. The first-order valence-electron chi connectivity index (χ1n) is 4.81. The van der Waals surface area contributed by atoms with Crippen molar-refractivity contribution in [3.8, 4) is 0 Å². The highest BCUT2D eigenvalue weighted by Gasteiger charge is 2.04. The zero-order chi connectivity index (χ0) is 12.0. The van der Waals surface area contributed by atoms with E-state index in [4.69, 9.17) is 5.11 Å². The van der Waals surface area contributed by atoms with Crippen LogP contribution >= 0.6 is 0 Å². The van der Waals surface area contributed by atoms with Crippen LogP contribution in [-0.4, -0.2) is 23.5 Å². The maximum absolute atomic E-state index is 12.8. The average molecular weight is 225 g/mol. The Kier molecular flexibility index (Phi) is 4.44. The zero-order valence-corrected chi connectivity index (χ0v) is 8.57. The predicted octanol–water partition coefficient (Wildman–Crippen LogP) is 0.959. The van der Waals surface area contributed by atoms with E-state index in [0.29, 0.717) is 5.56 Å². The second-order valence-corrected chi connectivity index (χ2v) is 3.30. The predicted molar refractivity (Wildman–Crippen MR) is 55.4 cm³/mol. The van der Waals surface area contributed by atoms with Crippen molar-refractivity contribution in [3.05, 3.63) is 35.6 Å². The van der Waals surface area contributed by atoms with Crippen molar-refractivity contribution < 1.29 is 19.1 Å². The number of carbonyl (C=O) groups is 2. The quantitative estimate of drug-likeness (QED) is 0.784. The molecular formula is C11H12FNO3. The first kappa shape index (κ1) is 12.2. The number of benzene rings is 1. The molecule has 0 heterocycles. The largest absolute Gasteiger partial charge is 0.481 e. The van der Waals surface area contributed by atoms with Crippen LogP contribution in [0.2, 0.25) is 0 Å². The van der Waals surface area contributed by atoms with E-state index in [2.05, 4.69) is 5.32 Å². The van der Waals surface area contributed by atoms with Crippen molar-refractivity contribution in [2.24, 2.45) is 0 Å². The van der Waals surface area contributed by atoms with Gasteiger partial charge in [-0.1, -0.05) is 12.1 Å². The lowest BCUT2D eigenvalue weighted by Gasteiger charge is -2.03. The zero-order valence-electron chi connectivity index (χ0n) is 8.57. The van der Waals surface area contributed by atoms with Crippen molar-refractivity contribution >= 4 is 11.9 Å². The van der Waals surface area contributed by atoms with Crippen molar-refractivity contribution in [1.82, 2.24) is 5.32 Å². The van der Waals surface area contributed by atoms with E-state index in [-0.39, 0.29) is 25.3 Å². The maximum Gasteiger partial charge on any atom is 0.305 e. The molecule has 0 spiro atoms. The Balaban J connectivity index is 2.37. The Hall–Kier alpha value is -1.91. The molecule has 86 valence electrons.